The van der Waals surface area contributed by atoms with Crippen molar-refractivity contribution in [2.45, 2.75) is 19.8 Å². The molecule has 0 atom stereocenters. The Morgan fingerprint density at radius 3 is 1.59 bits per heavy atom. The molecule has 0 amide bonds. The second-order valence-corrected chi connectivity index (χ2v) is 6.04. The number of carbonyl (C=O) groups is 2. The Balaban J connectivity index is 1.97. The largest absolute Gasteiger partial charge is 0.427 e. The number of benzene rings is 2. The van der Waals surface area contributed by atoms with Gasteiger partial charge in [-0.1, -0.05) is 30.3 Å². The minimum atomic E-state index is -0.354. The summed E-state index contributed by atoms with van der Waals surface area (Å²) in [6.07, 6.45) is 3.55. The normalized spacial score (nSPS) is 10.5. The first-order valence-electron chi connectivity index (χ1n) is 8.49. The number of hydrogen-bond donors (Lipinski definition) is 0. The fourth-order valence-corrected chi connectivity index (χ4v) is 2.91. The molecule has 27 heavy (non-hydrogen) atoms. The zero-order valence-electron chi connectivity index (χ0n) is 15.1. The van der Waals surface area contributed by atoms with E-state index in [0.29, 0.717) is 11.5 Å². The Bertz CT molecular complexity index is 859. The zero-order chi connectivity index (χ0) is 19.2. The van der Waals surface area contributed by atoms with E-state index in [1.165, 1.54) is 13.8 Å². The molecule has 0 spiro atoms. The molecule has 0 fully saturated rings. The number of esters is 2. The number of nitrogens with zero attached hydrogens (tertiary/aromatic N) is 1. The summed E-state index contributed by atoms with van der Waals surface area (Å²) in [5, 5.41) is 0. The van der Waals surface area contributed by atoms with E-state index >= 15 is 0 Å². The molecule has 5 heteroatoms. The van der Waals surface area contributed by atoms with Gasteiger partial charge >= 0.3 is 11.9 Å². The van der Waals surface area contributed by atoms with Gasteiger partial charge in [0.2, 0.25) is 0 Å². The molecule has 0 unspecified atom stereocenters. The second kappa shape index (κ2) is 8.27. The molecule has 2 aromatic carbocycles. The maximum absolute atomic E-state index is 11.1. The topological polar surface area (TPSA) is 65.5 Å². The fraction of sp³-hybridized carbons (Fsp3) is 0.136. The van der Waals surface area contributed by atoms with Gasteiger partial charge in [-0.15, -0.1) is 0 Å². The van der Waals surface area contributed by atoms with Crippen molar-refractivity contribution in [2.24, 2.45) is 0 Å². The Morgan fingerprint density at radius 2 is 1.22 bits per heavy atom. The summed E-state index contributed by atoms with van der Waals surface area (Å²) in [6.45, 7) is 2.74. The molecule has 0 saturated carbocycles. The molecular formula is C22H19NO4. The van der Waals surface area contributed by atoms with E-state index in [1.54, 1.807) is 30.5 Å². The van der Waals surface area contributed by atoms with Gasteiger partial charge in [0.1, 0.15) is 11.5 Å². The van der Waals surface area contributed by atoms with E-state index in [2.05, 4.69) is 4.98 Å². The van der Waals surface area contributed by atoms with Crippen molar-refractivity contribution in [1.29, 1.82) is 0 Å². The first-order chi connectivity index (χ1) is 13.0. The summed E-state index contributed by atoms with van der Waals surface area (Å²) in [4.78, 5) is 26.5. The van der Waals surface area contributed by atoms with E-state index in [-0.39, 0.29) is 17.9 Å². The maximum atomic E-state index is 11.1. The van der Waals surface area contributed by atoms with Crippen molar-refractivity contribution in [1.82, 2.24) is 4.98 Å². The monoisotopic (exact) mass is 361 g/mol. The first-order valence-corrected chi connectivity index (χ1v) is 8.49. The fourth-order valence-electron chi connectivity index (χ4n) is 2.91. The van der Waals surface area contributed by atoms with Gasteiger partial charge in [0.15, 0.2) is 0 Å². The highest BCUT2D eigenvalue weighted by Gasteiger charge is 2.17. The summed E-state index contributed by atoms with van der Waals surface area (Å²) in [5.74, 6) is 0.236. The number of rotatable bonds is 5. The molecule has 136 valence electrons. The van der Waals surface area contributed by atoms with Crippen molar-refractivity contribution < 1.29 is 19.1 Å². The highest BCUT2D eigenvalue weighted by atomic mass is 16.5. The van der Waals surface area contributed by atoms with Crippen LogP contribution in [0, 0.1) is 0 Å². The third kappa shape index (κ3) is 4.79. The Morgan fingerprint density at radius 1 is 0.741 bits per heavy atom. The number of ether oxygens (including phenoxy) is 2. The molecule has 0 aliphatic carbocycles. The van der Waals surface area contributed by atoms with Crippen LogP contribution in [0.25, 0.3) is 0 Å². The number of pyridine rings is 1. The third-order valence-electron chi connectivity index (χ3n) is 3.97. The van der Waals surface area contributed by atoms with Crippen LogP contribution in [0.3, 0.4) is 0 Å². The molecule has 5 nitrogen and oxygen atoms in total. The Kier molecular flexibility index (Phi) is 5.61. The van der Waals surface area contributed by atoms with E-state index in [4.69, 9.17) is 9.47 Å². The van der Waals surface area contributed by atoms with Crippen LogP contribution in [0.15, 0.2) is 73.1 Å². The lowest BCUT2D eigenvalue weighted by Crippen LogP contribution is -2.06. The van der Waals surface area contributed by atoms with E-state index in [0.717, 1.165) is 16.7 Å². The Labute approximate surface area is 157 Å². The third-order valence-corrected chi connectivity index (χ3v) is 3.97. The van der Waals surface area contributed by atoms with Gasteiger partial charge in [-0.25, -0.2) is 0 Å². The van der Waals surface area contributed by atoms with Crippen LogP contribution < -0.4 is 9.47 Å². The van der Waals surface area contributed by atoms with Crippen LogP contribution in [-0.2, 0) is 9.59 Å². The van der Waals surface area contributed by atoms with Crippen LogP contribution in [0.1, 0.15) is 36.5 Å². The lowest BCUT2D eigenvalue weighted by molar-refractivity contribution is -0.132. The van der Waals surface area contributed by atoms with Crippen molar-refractivity contribution in [3.8, 4) is 11.5 Å². The minimum absolute atomic E-state index is 0.0588. The second-order valence-electron chi connectivity index (χ2n) is 6.04. The first kappa shape index (κ1) is 18.3. The summed E-state index contributed by atoms with van der Waals surface area (Å²) in [5.41, 5.74) is 3.08. The van der Waals surface area contributed by atoms with E-state index < -0.39 is 0 Å². The highest BCUT2D eigenvalue weighted by Crippen LogP contribution is 2.33. The quantitative estimate of drug-likeness (QED) is 0.505. The van der Waals surface area contributed by atoms with Crippen LogP contribution in [0.2, 0.25) is 0 Å². The predicted octanol–water partition coefficient (Wildman–Crippen LogP) is 4.11. The molecule has 0 radical (unpaired) electrons. The lowest BCUT2D eigenvalue weighted by atomic mass is 9.86. The van der Waals surface area contributed by atoms with Crippen molar-refractivity contribution >= 4 is 11.9 Å². The van der Waals surface area contributed by atoms with E-state index in [9.17, 15) is 9.59 Å². The number of aromatic nitrogens is 1. The van der Waals surface area contributed by atoms with Gasteiger partial charge in [0, 0.05) is 32.2 Å². The molecule has 0 aliphatic heterocycles. The molecule has 0 saturated heterocycles. The van der Waals surface area contributed by atoms with Gasteiger partial charge in [0.25, 0.3) is 0 Å². The number of hydrogen-bond acceptors (Lipinski definition) is 5. The maximum Gasteiger partial charge on any atom is 0.308 e. The molecule has 1 heterocycles. The molecule has 0 aliphatic rings. The standard InChI is InChI=1S/C22H19NO4/c1-15(24)26-20-9-5-17(6-10-20)22(19-4-3-13-23-14-19)18-7-11-21(12-8-18)27-16(2)25/h3-14,22H,1-2H3. The molecule has 3 aromatic rings. The molecule has 3 rings (SSSR count). The molecule has 0 bridgehead atoms. The molecule has 0 N–H and O–H groups in total. The zero-order valence-corrected chi connectivity index (χ0v) is 15.1. The van der Waals surface area contributed by atoms with Gasteiger partial charge in [-0.05, 0) is 47.0 Å². The van der Waals surface area contributed by atoms with Crippen molar-refractivity contribution in [3.05, 3.63) is 89.7 Å². The SMILES string of the molecule is CC(=O)Oc1ccc(C(c2ccc(OC(C)=O)cc2)c2cccnc2)cc1. The minimum Gasteiger partial charge on any atom is -0.427 e. The summed E-state index contributed by atoms with van der Waals surface area (Å²) in [6, 6.07) is 18.7. The van der Waals surface area contributed by atoms with Crippen molar-refractivity contribution in [3.63, 3.8) is 0 Å². The van der Waals surface area contributed by atoms with Crippen LogP contribution in [0.4, 0.5) is 0 Å². The Hall–Kier alpha value is -3.47. The summed E-state index contributed by atoms with van der Waals surface area (Å²) < 4.78 is 10.2. The predicted molar refractivity (Wildman–Crippen MR) is 101 cm³/mol. The average Bonchev–Trinajstić information content (AvgIpc) is 2.65. The van der Waals surface area contributed by atoms with Crippen molar-refractivity contribution in [2.75, 3.05) is 0 Å². The smallest absolute Gasteiger partial charge is 0.308 e. The van der Waals surface area contributed by atoms with E-state index in [1.807, 2.05) is 42.6 Å². The lowest BCUT2D eigenvalue weighted by Gasteiger charge is -2.19. The average molecular weight is 361 g/mol. The number of carbonyl (C=O) groups excluding carboxylic acids is 2. The highest BCUT2D eigenvalue weighted by molar-refractivity contribution is 5.69. The van der Waals surface area contributed by atoms with Gasteiger partial charge < -0.3 is 9.47 Å². The van der Waals surface area contributed by atoms with Gasteiger partial charge in [-0.2, -0.15) is 0 Å². The summed E-state index contributed by atoms with van der Waals surface area (Å²) in [7, 11) is 0. The van der Waals surface area contributed by atoms with Crippen LogP contribution in [0.5, 0.6) is 11.5 Å². The molecule has 1 aromatic heterocycles. The van der Waals surface area contributed by atoms with Gasteiger partial charge in [-0.3, -0.25) is 14.6 Å². The van der Waals surface area contributed by atoms with Crippen LogP contribution >= 0.6 is 0 Å². The van der Waals surface area contributed by atoms with Gasteiger partial charge in [0.05, 0.1) is 0 Å². The summed E-state index contributed by atoms with van der Waals surface area (Å²) >= 11 is 0. The molecular weight excluding hydrogens is 342 g/mol. The van der Waals surface area contributed by atoms with Crippen LogP contribution in [-0.4, -0.2) is 16.9 Å².